The number of hydrogen-bond acceptors (Lipinski definition) is 6. The lowest BCUT2D eigenvalue weighted by Gasteiger charge is -2.22. The Bertz CT molecular complexity index is 1060. The van der Waals surface area contributed by atoms with Crippen molar-refractivity contribution in [3.8, 4) is 0 Å². The summed E-state index contributed by atoms with van der Waals surface area (Å²) < 4.78 is 5.13. The van der Waals surface area contributed by atoms with Crippen molar-refractivity contribution in [2.45, 2.75) is 26.4 Å². The van der Waals surface area contributed by atoms with Gasteiger partial charge in [0.1, 0.15) is 11.1 Å². The summed E-state index contributed by atoms with van der Waals surface area (Å²) in [5.41, 5.74) is 0.345. The second-order valence-electron chi connectivity index (χ2n) is 7.61. The van der Waals surface area contributed by atoms with E-state index in [-0.39, 0.29) is 23.0 Å². The van der Waals surface area contributed by atoms with E-state index in [4.69, 9.17) is 27.9 Å². The van der Waals surface area contributed by atoms with Crippen LogP contribution >= 0.6 is 23.2 Å². The second kappa shape index (κ2) is 11.6. The molecule has 0 bridgehead atoms. The Morgan fingerprint density at radius 3 is 2.45 bits per heavy atom. The first-order valence-electron chi connectivity index (χ1n) is 9.89. The van der Waals surface area contributed by atoms with Gasteiger partial charge in [-0.25, -0.2) is 4.79 Å². The third-order valence-corrected chi connectivity index (χ3v) is 5.24. The van der Waals surface area contributed by atoms with E-state index < -0.39 is 41.0 Å². The molecular formula is C22H23Cl2N3O6. The smallest absolute Gasteiger partial charge is 0.329 e. The lowest BCUT2D eigenvalue weighted by molar-refractivity contribution is -0.384. The van der Waals surface area contributed by atoms with Gasteiger partial charge in [-0.1, -0.05) is 49.2 Å². The molecule has 0 unspecified atom stereocenters. The van der Waals surface area contributed by atoms with Gasteiger partial charge < -0.3 is 15.0 Å². The van der Waals surface area contributed by atoms with Crippen LogP contribution in [0.4, 0.5) is 5.69 Å². The third kappa shape index (κ3) is 7.44. The number of likely N-dealkylation sites (N-methyl/N-ethyl adjacent to an activating group) is 1. The molecule has 2 amide bonds. The first-order chi connectivity index (χ1) is 15.5. The van der Waals surface area contributed by atoms with Crippen molar-refractivity contribution in [1.29, 1.82) is 0 Å². The number of nitro groups is 1. The van der Waals surface area contributed by atoms with Crippen molar-refractivity contribution >= 4 is 46.7 Å². The average Bonchev–Trinajstić information content (AvgIpc) is 2.75. The molecule has 1 N–H and O–H groups in total. The SMILES string of the molecule is CC(C)[C@H](NC(=O)c1ccc(Cl)c([N+](=O)[O-])c1)C(=O)OCC(=O)N(C)Cc1cccc(Cl)c1. The number of nitro benzene ring substituents is 1. The molecule has 0 saturated carbocycles. The lowest BCUT2D eigenvalue weighted by Crippen LogP contribution is -2.46. The Balaban J connectivity index is 1.99. The van der Waals surface area contributed by atoms with Crippen LogP contribution < -0.4 is 5.32 Å². The van der Waals surface area contributed by atoms with Gasteiger partial charge in [0.15, 0.2) is 6.61 Å². The molecule has 2 rings (SSSR count). The molecule has 0 aliphatic rings. The fourth-order valence-electron chi connectivity index (χ4n) is 2.85. The lowest BCUT2D eigenvalue weighted by atomic mass is 10.0. The minimum atomic E-state index is -1.07. The number of ether oxygens (including phenoxy) is 1. The number of benzene rings is 2. The van der Waals surface area contributed by atoms with Crippen LogP contribution in [0.25, 0.3) is 0 Å². The summed E-state index contributed by atoms with van der Waals surface area (Å²) in [4.78, 5) is 49.2. The number of hydrogen-bond donors (Lipinski definition) is 1. The Morgan fingerprint density at radius 1 is 1.15 bits per heavy atom. The molecule has 11 heteroatoms. The second-order valence-corrected chi connectivity index (χ2v) is 8.45. The molecule has 0 aliphatic heterocycles. The largest absolute Gasteiger partial charge is 0.454 e. The van der Waals surface area contributed by atoms with E-state index in [1.807, 2.05) is 6.07 Å². The van der Waals surface area contributed by atoms with Gasteiger partial charge in [0.25, 0.3) is 17.5 Å². The maximum Gasteiger partial charge on any atom is 0.329 e. The molecule has 0 aromatic heterocycles. The number of amides is 2. The number of rotatable bonds is 9. The number of halogens is 2. The van der Waals surface area contributed by atoms with Gasteiger partial charge in [-0.05, 0) is 35.7 Å². The highest BCUT2D eigenvalue weighted by molar-refractivity contribution is 6.32. The molecule has 0 saturated heterocycles. The van der Waals surface area contributed by atoms with Crippen LogP contribution in [0.2, 0.25) is 10.0 Å². The number of carbonyl (C=O) groups is 3. The molecule has 0 aliphatic carbocycles. The molecule has 0 radical (unpaired) electrons. The summed E-state index contributed by atoms with van der Waals surface area (Å²) in [5.74, 6) is -2.32. The summed E-state index contributed by atoms with van der Waals surface area (Å²) in [5, 5.41) is 14.0. The van der Waals surface area contributed by atoms with E-state index in [9.17, 15) is 24.5 Å². The van der Waals surface area contributed by atoms with Gasteiger partial charge in [-0.3, -0.25) is 19.7 Å². The zero-order chi connectivity index (χ0) is 24.7. The molecule has 176 valence electrons. The summed E-state index contributed by atoms with van der Waals surface area (Å²) in [6, 6.07) is 9.51. The van der Waals surface area contributed by atoms with Crippen LogP contribution in [0.5, 0.6) is 0 Å². The maximum absolute atomic E-state index is 12.6. The van der Waals surface area contributed by atoms with Gasteiger partial charge >= 0.3 is 5.97 Å². The summed E-state index contributed by atoms with van der Waals surface area (Å²) >= 11 is 11.7. The van der Waals surface area contributed by atoms with Crippen molar-refractivity contribution in [2.24, 2.45) is 5.92 Å². The minimum absolute atomic E-state index is 0.0399. The van der Waals surface area contributed by atoms with E-state index in [0.29, 0.717) is 5.02 Å². The van der Waals surface area contributed by atoms with Crippen molar-refractivity contribution in [3.05, 3.63) is 73.8 Å². The first kappa shape index (κ1) is 26.1. The zero-order valence-electron chi connectivity index (χ0n) is 18.2. The summed E-state index contributed by atoms with van der Waals surface area (Å²) in [6.45, 7) is 3.13. The monoisotopic (exact) mass is 495 g/mol. The Hall–Kier alpha value is -3.17. The molecule has 2 aromatic rings. The van der Waals surface area contributed by atoms with Gasteiger partial charge in [-0.15, -0.1) is 0 Å². The number of nitrogens with one attached hydrogen (secondary N) is 1. The highest BCUT2D eigenvalue weighted by Crippen LogP contribution is 2.25. The topological polar surface area (TPSA) is 119 Å². The molecule has 33 heavy (non-hydrogen) atoms. The van der Waals surface area contributed by atoms with E-state index in [0.717, 1.165) is 11.6 Å². The van der Waals surface area contributed by atoms with E-state index >= 15 is 0 Å². The number of carbonyl (C=O) groups excluding carboxylic acids is 3. The predicted molar refractivity (Wildman–Crippen MR) is 123 cm³/mol. The van der Waals surface area contributed by atoms with Crippen LogP contribution in [0.15, 0.2) is 42.5 Å². The Kier molecular flexibility index (Phi) is 9.19. The van der Waals surface area contributed by atoms with Gasteiger partial charge in [0.05, 0.1) is 4.92 Å². The molecule has 0 heterocycles. The van der Waals surface area contributed by atoms with Crippen LogP contribution in [0.1, 0.15) is 29.8 Å². The molecule has 9 nitrogen and oxygen atoms in total. The van der Waals surface area contributed by atoms with Gasteiger partial charge in [0, 0.05) is 30.2 Å². The highest BCUT2D eigenvalue weighted by atomic mass is 35.5. The number of esters is 1. The fraction of sp³-hybridized carbons (Fsp3) is 0.318. The van der Waals surface area contributed by atoms with Crippen molar-refractivity contribution in [1.82, 2.24) is 10.2 Å². The van der Waals surface area contributed by atoms with E-state index in [1.165, 1.54) is 17.0 Å². The predicted octanol–water partition coefficient (Wildman–Crippen LogP) is 3.86. The standard InChI is InChI=1S/C22H23Cl2N3O6/c1-13(2)20(25-21(29)15-7-8-17(24)18(10-15)27(31)32)22(30)33-12-19(28)26(3)11-14-5-4-6-16(23)9-14/h4-10,13,20H,11-12H2,1-3H3,(H,25,29)/t20-/m0/s1. The quantitative estimate of drug-likeness (QED) is 0.320. The highest BCUT2D eigenvalue weighted by Gasteiger charge is 2.28. The summed E-state index contributed by atoms with van der Waals surface area (Å²) in [6.07, 6.45) is 0. The van der Waals surface area contributed by atoms with Gasteiger partial charge in [-0.2, -0.15) is 0 Å². The molecule has 1 atom stereocenters. The molecule has 0 fully saturated rings. The average molecular weight is 496 g/mol. The Morgan fingerprint density at radius 2 is 1.85 bits per heavy atom. The zero-order valence-corrected chi connectivity index (χ0v) is 19.7. The van der Waals surface area contributed by atoms with Crippen LogP contribution in [-0.2, 0) is 20.9 Å². The van der Waals surface area contributed by atoms with Crippen LogP contribution in [0, 0.1) is 16.0 Å². The van der Waals surface area contributed by atoms with Crippen molar-refractivity contribution < 1.29 is 24.0 Å². The van der Waals surface area contributed by atoms with Crippen molar-refractivity contribution in [3.63, 3.8) is 0 Å². The normalized spacial score (nSPS) is 11.6. The molecule has 0 spiro atoms. The van der Waals surface area contributed by atoms with Gasteiger partial charge in [0.2, 0.25) is 0 Å². The van der Waals surface area contributed by atoms with Crippen LogP contribution in [-0.4, -0.2) is 47.3 Å². The van der Waals surface area contributed by atoms with Crippen LogP contribution in [0.3, 0.4) is 0 Å². The first-order valence-corrected chi connectivity index (χ1v) is 10.6. The summed E-state index contributed by atoms with van der Waals surface area (Å²) in [7, 11) is 1.56. The molecular weight excluding hydrogens is 473 g/mol. The fourth-order valence-corrected chi connectivity index (χ4v) is 3.25. The van der Waals surface area contributed by atoms with E-state index in [2.05, 4.69) is 5.32 Å². The maximum atomic E-state index is 12.6. The van der Waals surface area contributed by atoms with E-state index in [1.54, 1.807) is 39.1 Å². The molecule has 2 aromatic carbocycles. The minimum Gasteiger partial charge on any atom is -0.454 e. The Labute approximate surface area is 200 Å². The third-order valence-electron chi connectivity index (χ3n) is 4.68. The van der Waals surface area contributed by atoms with Crippen molar-refractivity contribution in [2.75, 3.05) is 13.7 Å². The number of nitrogens with zero attached hydrogens (tertiary/aromatic N) is 2.